The van der Waals surface area contributed by atoms with Crippen molar-refractivity contribution < 1.29 is 4.74 Å². The minimum atomic E-state index is 0.293. The van der Waals surface area contributed by atoms with E-state index < -0.39 is 0 Å². The molecule has 21 heavy (non-hydrogen) atoms. The lowest BCUT2D eigenvalue weighted by Gasteiger charge is -2.27. The van der Waals surface area contributed by atoms with Gasteiger partial charge in [0, 0.05) is 29.0 Å². The molecule has 1 unspecified atom stereocenters. The third-order valence-electron chi connectivity index (χ3n) is 3.65. The van der Waals surface area contributed by atoms with E-state index in [1.807, 2.05) is 36.4 Å². The Hall–Kier alpha value is -1.83. The molecule has 0 saturated heterocycles. The first-order valence-electron chi connectivity index (χ1n) is 6.91. The van der Waals surface area contributed by atoms with Gasteiger partial charge in [0.2, 0.25) is 0 Å². The quantitative estimate of drug-likeness (QED) is 0.918. The van der Waals surface area contributed by atoms with E-state index in [4.69, 9.17) is 10.00 Å². The van der Waals surface area contributed by atoms with Crippen molar-refractivity contribution in [2.24, 2.45) is 0 Å². The lowest BCUT2D eigenvalue weighted by Crippen LogP contribution is -2.26. The molecule has 3 nitrogen and oxygen atoms in total. The van der Waals surface area contributed by atoms with Crippen molar-refractivity contribution in [1.82, 2.24) is 5.32 Å². The third kappa shape index (κ3) is 3.26. The number of nitriles is 1. The summed E-state index contributed by atoms with van der Waals surface area (Å²) in [6, 6.07) is 16.2. The van der Waals surface area contributed by atoms with Crippen LogP contribution in [0, 0.1) is 11.3 Å². The Morgan fingerprint density at radius 1 is 1.24 bits per heavy atom. The summed E-state index contributed by atoms with van der Waals surface area (Å²) >= 11 is 3.52. The van der Waals surface area contributed by atoms with E-state index in [1.54, 1.807) is 0 Å². The molecule has 1 N–H and O–H groups in total. The molecule has 0 saturated carbocycles. The third-order valence-corrected chi connectivity index (χ3v) is 4.14. The van der Waals surface area contributed by atoms with E-state index in [9.17, 15) is 0 Å². The number of rotatable bonds is 3. The highest BCUT2D eigenvalue weighted by Gasteiger charge is 2.21. The van der Waals surface area contributed by atoms with Crippen LogP contribution in [0.3, 0.4) is 0 Å². The topological polar surface area (TPSA) is 45.0 Å². The molecule has 2 aromatic carbocycles. The average Bonchev–Trinajstić information content (AvgIpc) is 2.53. The Morgan fingerprint density at radius 2 is 2.05 bits per heavy atom. The molecule has 3 rings (SSSR count). The van der Waals surface area contributed by atoms with Gasteiger partial charge in [-0.2, -0.15) is 5.26 Å². The predicted molar refractivity (Wildman–Crippen MR) is 85.0 cm³/mol. The fraction of sp³-hybridized carbons (Fsp3) is 0.235. The zero-order valence-corrected chi connectivity index (χ0v) is 13.1. The minimum Gasteiger partial charge on any atom is -0.493 e. The van der Waals surface area contributed by atoms with Gasteiger partial charge in [-0.05, 0) is 35.9 Å². The van der Waals surface area contributed by atoms with Crippen molar-refractivity contribution in [3.8, 4) is 11.8 Å². The fourth-order valence-electron chi connectivity index (χ4n) is 2.52. The van der Waals surface area contributed by atoms with E-state index in [-0.39, 0.29) is 0 Å². The molecule has 2 aromatic rings. The number of hydrogen-bond donors (Lipinski definition) is 1. The number of fused-ring (bicyclic) bond motifs is 1. The molecular formula is C17H15BrN2O. The van der Waals surface area contributed by atoms with Crippen LogP contribution in [0.2, 0.25) is 0 Å². The van der Waals surface area contributed by atoms with Gasteiger partial charge >= 0.3 is 0 Å². The lowest BCUT2D eigenvalue weighted by atomic mass is 10.0. The fourth-order valence-corrected chi connectivity index (χ4v) is 2.89. The molecule has 1 aliphatic heterocycles. The smallest absolute Gasteiger partial charge is 0.124 e. The summed E-state index contributed by atoms with van der Waals surface area (Å²) in [6.07, 6.45) is 0.958. The Kier molecular flexibility index (Phi) is 4.23. The average molecular weight is 343 g/mol. The first-order chi connectivity index (χ1) is 10.3. The first kappa shape index (κ1) is 14.1. The molecular weight excluding hydrogens is 328 g/mol. The largest absolute Gasteiger partial charge is 0.493 e. The van der Waals surface area contributed by atoms with Crippen molar-refractivity contribution in [3.63, 3.8) is 0 Å². The molecule has 4 heteroatoms. The highest BCUT2D eigenvalue weighted by atomic mass is 79.9. The van der Waals surface area contributed by atoms with Crippen molar-refractivity contribution >= 4 is 15.9 Å². The van der Waals surface area contributed by atoms with Gasteiger partial charge in [0.05, 0.1) is 18.2 Å². The summed E-state index contributed by atoms with van der Waals surface area (Å²) in [4.78, 5) is 0. The molecule has 0 fully saturated rings. The molecule has 0 bridgehead atoms. The number of nitrogens with one attached hydrogen (secondary N) is 1. The number of nitrogens with zero attached hydrogens (tertiary/aromatic N) is 1. The second kappa shape index (κ2) is 6.30. The van der Waals surface area contributed by atoms with Crippen LogP contribution in [0.5, 0.6) is 5.75 Å². The molecule has 0 radical (unpaired) electrons. The van der Waals surface area contributed by atoms with Crippen molar-refractivity contribution in [2.45, 2.75) is 19.0 Å². The summed E-state index contributed by atoms with van der Waals surface area (Å²) in [5.41, 5.74) is 3.07. The lowest BCUT2D eigenvalue weighted by molar-refractivity contribution is 0.252. The van der Waals surface area contributed by atoms with Crippen LogP contribution < -0.4 is 10.1 Å². The molecule has 0 spiro atoms. The Balaban J connectivity index is 1.71. The Morgan fingerprint density at radius 3 is 2.81 bits per heavy atom. The van der Waals surface area contributed by atoms with Crippen LogP contribution >= 0.6 is 15.9 Å². The van der Waals surface area contributed by atoms with Gasteiger partial charge < -0.3 is 10.1 Å². The molecule has 0 aromatic heterocycles. The molecule has 106 valence electrons. The summed E-state index contributed by atoms with van der Waals surface area (Å²) in [7, 11) is 0. The number of hydrogen-bond acceptors (Lipinski definition) is 3. The van der Waals surface area contributed by atoms with E-state index in [1.165, 1.54) is 11.1 Å². The van der Waals surface area contributed by atoms with Crippen LogP contribution in [0.1, 0.15) is 29.2 Å². The Bertz CT molecular complexity index is 676. The second-order valence-electron chi connectivity index (χ2n) is 5.06. The van der Waals surface area contributed by atoms with Gasteiger partial charge in [0.15, 0.2) is 0 Å². The van der Waals surface area contributed by atoms with Crippen LogP contribution in [0.4, 0.5) is 0 Å². The van der Waals surface area contributed by atoms with Gasteiger partial charge in [-0.25, -0.2) is 0 Å². The van der Waals surface area contributed by atoms with Crippen molar-refractivity contribution in [2.75, 3.05) is 6.61 Å². The zero-order chi connectivity index (χ0) is 14.7. The molecule has 1 heterocycles. The summed E-state index contributed by atoms with van der Waals surface area (Å²) in [5, 5.41) is 12.4. The van der Waals surface area contributed by atoms with Crippen molar-refractivity contribution in [3.05, 3.63) is 63.6 Å². The summed E-state index contributed by atoms with van der Waals surface area (Å²) in [5.74, 6) is 0.960. The maximum atomic E-state index is 8.81. The monoisotopic (exact) mass is 342 g/mol. The van der Waals surface area contributed by atoms with Gasteiger partial charge in [-0.15, -0.1) is 0 Å². The van der Waals surface area contributed by atoms with Crippen LogP contribution in [-0.4, -0.2) is 6.61 Å². The highest BCUT2D eigenvalue weighted by molar-refractivity contribution is 9.10. The standard InChI is InChI=1S/C17H15BrN2O/c18-14-5-6-17-15(9-14)16(7-8-21-17)20-11-13-3-1-12(10-19)2-4-13/h1-6,9,16,20H,7-8,11H2. The van der Waals surface area contributed by atoms with Crippen LogP contribution in [0.15, 0.2) is 46.9 Å². The number of benzene rings is 2. The first-order valence-corrected chi connectivity index (χ1v) is 7.70. The minimum absolute atomic E-state index is 0.293. The summed E-state index contributed by atoms with van der Waals surface area (Å²) in [6.45, 7) is 1.52. The van der Waals surface area contributed by atoms with Crippen LogP contribution in [-0.2, 0) is 6.54 Å². The van der Waals surface area contributed by atoms with Gasteiger partial charge in [-0.3, -0.25) is 0 Å². The second-order valence-corrected chi connectivity index (χ2v) is 5.98. The zero-order valence-electron chi connectivity index (χ0n) is 11.5. The summed E-state index contributed by atoms with van der Waals surface area (Å²) < 4.78 is 6.76. The van der Waals surface area contributed by atoms with E-state index in [0.717, 1.165) is 29.8 Å². The normalized spacial score (nSPS) is 16.7. The maximum Gasteiger partial charge on any atom is 0.124 e. The number of halogens is 1. The number of ether oxygens (including phenoxy) is 1. The maximum absolute atomic E-state index is 8.81. The van der Waals surface area contributed by atoms with E-state index in [0.29, 0.717) is 11.6 Å². The van der Waals surface area contributed by atoms with E-state index >= 15 is 0 Å². The predicted octanol–water partition coefficient (Wildman–Crippen LogP) is 3.93. The molecule has 1 aliphatic rings. The Labute approximate surface area is 132 Å². The molecule has 0 aliphatic carbocycles. The van der Waals surface area contributed by atoms with Crippen molar-refractivity contribution in [1.29, 1.82) is 5.26 Å². The van der Waals surface area contributed by atoms with Gasteiger partial charge in [0.1, 0.15) is 5.75 Å². The van der Waals surface area contributed by atoms with Gasteiger partial charge in [0.25, 0.3) is 0 Å². The highest BCUT2D eigenvalue weighted by Crippen LogP contribution is 2.34. The molecule has 0 amide bonds. The molecule has 1 atom stereocenters. The van der Waals surface area contributed by atoms with E-state index in [2.05, 4.69) is 33.4 Å². The van der Waals surface area contributed by atoms with Crippen LogP contribution in [0.25, 0.3) is 0 Å². The van der Waals surface area contributed by atoms with Gasteiger partial charge in [-0.1, -0.05) is 28.1 Å². The SMILES string of the molecule is N#Cc1ccc(CNC2CCOc3ccc(Br)cc32)cc1.